The fourth-order valence-corrected chi connectivity index (χ4v) is 4.46. The van der Waals surface area contributed by atoms with Gasteiger partial charge in [0.1, 0.15) is 0 Å². The smallest absolute Gasteiger partial charge is 0.257 e. The lowest BCUT2D eigenvalue weighted by Crippen LogP contribution is -2.48. The van der Waals surface area contributed by atoms with E-state index in [4.69, 9.17) is 27.9 Å². The molecule has 0 aliphatic carbocycles. The maximum atomic E-state index is 13.6. The van der Waals surface area contributed by atoms with Crippen LogP contribution in [0.1, 0.15) is 39.9 Å². The van der Waals surface area contributed by atoms with Crippen LogP contribution in [0, 0.1) is 0 Å². The molecule has 0 spiro atoms. The summed E-state index contributed by atoms with van der Waals surface area (Å²) in [5.74, 6) is -0.0633. The summed E-state index contributed by atoms with van der Waals surface area (Å²) in [4.78, 5) is 15.4. The second-order valence-electron chi connectivity index (χ2n) is 7.81. The van der Waals surface area contributed by atoms with Crippen molar-refractivity contribution >= 4 is 29.1 Å². The van der Waals surface area contributed by atoms with Crippen molar-refractivity contribution in [1.82, 2.24) is 4.90 Å². The van der Waals surface area contributed by atoms with E-state index in [1.54, 1.807) is 0 Å². The molecule has 4 nitrogen and oxygen atoms in total. The number of carbonyl (C=O) groups is 1. The van der Waals surface area contributed by atoms with E-state index in [-0.39, 0.29) is 12.5 Å². The lowest BCUT2D eigenvalue weighted by Gasteiger charge is -2.39. The van der Waals surface area contributed by atoms with Gasteiger partial charge in [-0.3, -0.25) is 4.79 Å². The summed E-state index contributed by atoms with van der Waals surface area (Å²) in [5, 5.41) is 10.5. The third kappa shape index (κ3) is 4.41. The van der Waals surface area contributed by atoms with Crippen molar-refractivity contribution in [3.63, 3.8) is 0 Å². The molecule has 0 saturated carbocycles. The van der Waals surface area contributed by atoms with Crippen molar-refractivity contribution in [2.24, 2.45) is 0 Å². The van der Waals surface area contributed by atoms with Crippen molar-refractivity contribution < 1.29 is 14.6 Å². The van der Waals surface area contributed by atoms with E-state index in [0.29, 0.717) is 48.0 Å². The fourth-order valence-electron chi connectivity index (χ4n) is 4.21. The molecule has 0 aromatic heterocycles. The summed E-state index contributed by atoms with van der Waals surface area (Å²) in [7, 11) is 0. The second kappa shape index (κ2) is 10.1. The Morgan fingerprint density at radius 3 is 2.22 bits per heavy atom. The highest BCUT2D eigenvalue weighted by atomic mass is 35.5. The first-order chi connectivity index (χ1) is 15.6. The quantitative estimate of drug-likeness (QED) is 0.410. The predicted octanol–water partition coefficient (Wildman–Crippen LogP) is 5.68. The van der Waals surface area contributed by atoms with Crippen LogP contribution in [0.4, 0.5) is 0 Å². The number of hydrogen-bond donors (Lipinski definition) is 1. The van der Waals surface area contributed by atoms with E-state index in [2.05, 4.69) is 0 Å². The summed E-state index contributed by atoms with van der Waals surface area (Å²) >= 11 is 12.2. The average Bonchev–Trinajstić information content (AvgIpc) is 3.05. The highest BCUT2D eigenvalue weighted by Gasteiger charge is 2.51. The number of hydrogen-bond acceptors (Lipinski definition) is 3. The Kier molecular flexibility index (Phi) is 7.17. The van der Waals surface area contributed by atoms with Gasteiger partial charge in [0.25, 0.3) is 5.91 Å². The number of amides is 1. The third-order valence-corrected chi connectivity index (χ3v) is 6.29. The number of halogens is 2. The molecule has 0 bridgehead atoms. The molecule has 1 N–H and O–H groups in total. The first kappa shape index (κ1) is 22.8. The fraction of sp³-hybridized carbons (Fsp3) is 0.269. The Hall–Kier alpha value is -2.37. The Morgan fingerprint density at radius 2 is 1.53 bits per heavy atom. The second-order valence-corrected chi connectivity index (χ2v) is 8.68. The molecular weight excluding hydrogens is 445 g/mol. The topological polar surface area (TPSA) is 49.8 Å². The van der Waals surface area contributed by atoms with E-state index in [1.807, 2.05) is 77.7 Å². The Balaban J connectivity index is 1.76. The number of benzene rings is 3. The minimum Gasteiger partial charge on any atom is -0.396 e. The van der Waals surface area contributed by atoms with Crippen LogP contribution in [-0.4, -0.2) is 35.7 Å². The maximum absolute atomic E-state index is 13.6. The van der Waals surface area contributed by atoms with Crippen molar-refractivity contribution in [3.05, 3.63) is 105 Å². The molecule has 6 heteroatoms. The lowest BCUT2D eigenvalue weighted by atomic mass is 9.93. The molecule has 3 aromatic rings. The normalized spacial score (nSPS) is 17.6. The van der Waals surface area contributed by atoms with E-state index >= 15 is 0 Å². The number of ether oxygens (including phenoxy) is 1. The minimum atomic E-state index is -1.06. The average molecular weight is 470 g/mol. The van der Waals surface area contributed by atoms with Gasteiger partial charge in [-0.05, 0) is 55.2 Å². The molecule has 0 fully saturated rings. The standard InChI is InChI=1S/C26H25Cl2NO3/c27-21-11-7-19(8-12-21)15-16-29-25(31)23-5-1-2-6-24(23)26(29,32-18-4-3-17-30)20-9-13-22(28)14-10-20/h1-2,5-14,30H,3-4,15-18H2. The summed E-state index contributed by atoms with van der Waals surface area (Å²) in [6.07, 6.45) is 1.98. The first-order valence-electron chi connectivity index (χ1n) is 10.7. The van der Waals surface area contributed by atoms with Gasteiger partial charge in [-0.25, -0.2) is 0 Å². The number of rotatable bonds is 9. The molecule has 32 heavy (non-hydrogen) atoms. The minimum absolute atomic E-state index is 0.0633. The summed E-state index contributed by atoms with van der Waals surface area (Å²) in [5.41, 5.74) is 2.34. The molecule has 0 saturated heterocycles. The van der Waals surface area contributed by atoms with Gasteiger partial charge >= 0.3 is 0 Å². The zero-order valence-electron chi connectivity index (χ0n) is 17.6. The van der Waals surface area contributed by atoms with Crippen molar-refractivity contribution in [3.8, 4) is 0 Å². The van der Waals surface area contributed by atoms with Crippen LogP contribution in [-0.2, 0) is 16.9 Å². The Bertz CT molecular complexity index is 1070. The number of unbranched alkanes of at least 4 members (excludes halogenated alkanes) is 1. The zero-order valence-corrected chi connectivity index (χ0v) is 19.1. The van der Waals surface area contributed by atoms with Crippen molar-refractivity contribution in [2.75, 3.05) is 19.8 Å². The van der Waals surface area contributed by atoms with Gasteiger partial charge in [-0.2, -0.15) is 0 Å². The Morgan fingerprint density at radius 1 is 0.875 bits per heavy atom. The number of fused-ring (bicyclic) bond motifs is 1. The summed E-state index contributed by atoms with van der Waals surface area (Å²) < 4.78 is 6.57. The van der Waals surface area contributed by atoms with Crippen LogP contribution in [0.25, 0.3) is 0 Å². The molecule has 1 heterocycles. The van der Waals surface area contributed by atoms with E-state index < -0.39 is 5.72 Å². The van der Waals surface area contributed by atoms with Crippen LogP contribution in [0.2, 0.25) is 10.0 Å². The molecule has 1 amide bonds. The largest absolute Gasteiger partial charge is 0.396 e. The monoisotopic (exact) mass is 469 g/mol. The van der Waals surface area contributed by atoms with E-state index in [1.165, 1.54) is 0 Å². The predicted molar refractivity (Wildman–Crippen MR) is 127 cm³/mol. The van der Waals surface area contributed by atoms with E-state index in [0.717, 1.165) is 16.7 Å². The van der Waals surface area contributed by atoms with Gasteiger partial charge in [0.05, 0.1) is 6.61 Å². The number of nitrogens with zero attached hydrogens (tertiary/aromatic N) is 1. The van der Waals surface area contributed by atoms with Gasteiger partial charge in [0.15, 0.2) is 5.72 Å². The maximum Gasteiger partial charge on any atom is 0.257 e. The van der Waals surface area contributed by atoms with Crippen LogP contribution < -0.4 is 0 Å². The van der Waals surface area contributed by atoms with E-state index in [9.17, 15) is 9.90 Å². The van der Waals surface area contributed by atoms with Gasteiger partial charge in [-0.1, -0.05) is 65.7 Å². The molecule has 4 rings (SSSR count). The highest BCUT2D eigenvalue weighted by molar-refractivity contribution is 6.30. The molecular formula is C26H25Cl2NO3. The van der Waals surface area contributed by atoms with Crippen LogP contribution in [0.5, 0.6) is 0 Å². The molecule has 166 valence electrons. The molecule has 0 radical (unpaired) electrons. The number of aliphatic hydroxyl groups excluding tert-OH is 1. The van der Waals surface area contributed by atoms with Crippen LogP contribution in [0.15, 0.2) is 72.8 Å². The van der Waals surface area contributed by atoms with Gasteiger partial charge in [0, 0.05) is 39.9 Å². The number of carbonyl (C=O) groups excluding carboxylic acids is 1. The molecule has 3 aromatic carbocycles. The SMILES string of the molecule is O=C1c2ccccc2C(OCCCCO)(c2ccc(Cl)cc2)N1CCc1ccc(Cl)cc1. The molecule has 1 aliphatic heterocycles. The van der Waals surface area contributed by atoms with Crippen LogP contribution in [0.3, 0.4) is 0 Å². The zero-order chi connectivity index (χ0) is 22.6. The van der Waals surface area contributed by atoms with Crippen LogP contribution >= 0.6 is 23.2 Å². The van der Waals surface area contributed by atoms with Gasteiger partial charge in [-0.15, -0.1) is 0 Å². The summed E-state index contributed by atoms with van der Waals surface area (Å²) in [6.45, 7) is 0.979. The molecule has 1 unspecified atom stereocenters. The Labute approximate surface area is 198 Å². The van der Waals surface area contributed by atoms with Gasteiger partial charge < -0.3 is 14.7 Å². The highest BCUT2D eigenvalue weighted by Crippen LogP contribution is 2.45. The first-order valence-corrected chi connectivity index (χ1v) is 11.5. The molecule has 1 atom stereocenters. The van der Waals surface area contributed by atoms with Crippen molar-refractivity contribution in [2.45, 2.75) is 25.0 Å². The third-order valence-electron chi connectivity index (χ3n) is 5.78. The van der Waals surface area contributed by atoms with Crippen molar-refractivity contribution in [1.29, 1.82) is 0 Å². The lowest BCUT2D eigenvalue weighted by molar-refractivity contribution is -0.109. The van der Waals surface area contributed by atoms with Gasteiger partial charge in [0.2, 0.25) is 0 Å². The molecule has 1 aliphatic rings. The number of aliphatic hydroxyl groups is 1. The summed E-state index contributed by atoms with van der Waals surface area (Å²) in [6, 6.07) is 22.7.